The van der Waals surface area contributed by atoms with Crippen molar-refractivity contribution < 1.29 is 24.1 Å². The van der Waals surface area contributed by atoms with Crippen LogP contribution >= 0.6 is 0 Å². The van der Waals surface area contributed by atoms with Crippen molar-refractivity contribution in [3.05, 3.63) is 78.9 Å². The number of para-hydroxylation sites is 1. The lowest BCUT2D eigenvalue weighted by Gasteiger charge is -2.10. The van der Waals surface area contributed by atoms with Crippen LogP contribution in [0.25, 0.3) is 32.6 Å². The molecule has 0 saturated carbocycles. The van der Waals surface area contributed by atoms with E-state index in [2.05, 4.69) is 0 Å². The minimum atomic E-state index is -0.877. The first-order chi connectivity index (χ1) is 16.6. The molecule has 0 radical (unpaired) electrons. The molecule has 0 saturated heterocycles. The molecule has 34 heavy (non-hydrogen) atoms. The van der Waals surface area contributed by atoms with Crippen LogP contribution in [0.15, 0.2) is 78.9 Å². The molecule has 0 aliphatic heterocycles. The van der Waals surface area contributed by atoms with Gasteiger partial charge in [0.1, 0.15) is 23.8 Å². The van der Waals surface area contributed by atoms with Crippen molar-refractivity contribution in [1.82, 2.24) is 4.57 Å². The third kappa shape index (κ3) is 4.35. The quantitative estimate of drug-likeness (QED) is 0.281. The molecule has 0 spiro atoms. The minimum absolute atomic E-state index is 0.0983. The van der Waals surface area contributed by atoms with E-state index >= 15 is 0 Å². The van der Waals surface area contributed by atoms with Crippen LogP contribution in [-0.2, 0) is 11.3 Å². The van der Waals surface area contributed by atoms with E-state index < -0.39 is 5.97 Å². The van der Waals surface area contributed by atoms with Crippen molar-refractivity contribution in [2.45, 2.75) is 13.0 Å². The molecule has 4 aromatic carbocycles. The number of nitrogens with zero attached hydrogens (tertiary/aromatic N) is 1. The number of aliphatic carboxylic acids is 1. The standard InChI is InChI=1S/C28H25NO5/c1-32-21-9-7-19-8-10-22(16-20(19)15-21)33-13-4-14-34-23-11-12-25-24-5-2-3-6-26(24)29(18-28(30)31)27(25)17-23/h2-3,5-12,15-17H,4,13-14,18H2,1H3,(H,30,31). The fraction of sp³-hybridized carbons (Fsp3) is 0.179. The summed E-state index contributed by atoms with van der Waals surface area (Å²) < 4.78 is 19.0. The Balaban J connectivity index is 1.23. The summed E-state index contributed by atoms with van der Waals surface area (Å²) in [5.74, 6) is 1.45. The average molecular weight is 456 g/mol. The van der Waals surface area contributed by atoms with Crippen LogP contribution in [0.3, 0.4) is 0 Å². The molecule has 0 fully saturated rings. The second-order valence-corrected chi connectivity index (χ2v) is 8.10. The molecule has 0 unspecified atom stereocenters. The van der Waals surface area contributed by atoms with E-state index in [-0.39, 0.29) is 6.54 Å². The van der Waals surface area contributed by atoms with Crippen LogP contribution in [0, 0.1) is 0 Å². The van der Waals surface area contributed by atoms with Crippen molar-refractivity contribution in [1.29, 1.82) is 0 Å². The van der Waals surface area contributed by atoms with Gasteiger partial charge in [-0.15, -0.1) is 0 Å². The zero-order valence-electron chi connectivity index (χ0n) is 18.9. The molecule has 6 nitrogen and oxygen atoms in total. The number of rotatable bonds is 9. The summed E-state index contributed by atoms with van der Waals surface area (Å²) in [6.07, 6.45) is 0.715. The van der Waals surface area contributed by atoms with Crippen molar-refractivity contribution in [3.63, 3.8) is 0 Å². The molecule has 5 rings (SSSR count). The Morgan fingerprint density at radius 2 is 1.41 bits per heavy atom. The van der Waals surface area contributed by atoms with Gasteiger partial charge in [-0.25, -0.2) is 0 Å². The van der Waals surface area contributed by atoms with E-state index in [4.69, 9.17) is 14.2 Å². The van der Waals surface area contributed by atoms with Gasteiger partial charge in [-0.2, -0.15) is 0 Å². The summed E-state index contributed by atoms with van der Waals surface area (Å²) in [5.41, 5.74) is 1.75. The number of aromatic nitrogens is 1. The zero-order valence-corrected chi connectivity index (χ0v) is 18.9. The maximum Gasteiger partial charge on any atom is 0.323 e. The van der Waals surface area contributed by atoms with Gasteiger partial charge in [-0.3, -0.25) is 4.79 Å². The Kier molecular flexibility index (Phi) is 5.95. The fourth-order valence-electron chi connectivity index (χ4n) is 4.28. The Morgan fingerprint density at radius 3 is 2.18 bits per heavy atom. The highest BCUT2D eigenvalue weighted by Gasteiger charge is 2.13. The second-order valence-electron chi connectivity index (χ2n) is 8.10. The lowest BCUT2D eigenvalue weighted by molar-refractivity contribution is -0.137. The Morgan fingerprint density at radius 1 is 0.765 bits per heavy atom. The lowest BCUT2D eigenvalue weighted by atomic mass is 10.1. The number of benzene rings is 4. The molecular weight excluding hydrogens is 430 g/mol. The van der Waals surface area contributed by atoms with Crippen molar-refractivity contribution in [3.8, 4) is 17.2 Å². The number of ether oxygens (including phenoxy) is 3. The summed E-state index contributed by atoms with van der Waals surface area (Å²) in [6.45, 7) is 0.919. The van der Waals surface area contributed by atoms with Crippen molar-refractivity contribution >= 4 is 38.5 Å². The Hall–Kier alpha value is -4.19. The normalized spacial score (nSPS) is 11.2. The molecule has 0 aliphatic rings. The third-order valence-corrected chi connectivity index (χ3v) is 5.88. The largest absolute Gasteiger partial charge is 0.497 e. The summed E-state index contributed by atoms with van der Waals surface area (Å²) in [7, 11) is 1.66. The molecule has 0 atom stereocenters. The summed E-state index contributed by atoms with van der Waals surface area (Å²) in [4.78, 5) is 11.4. The molecule has 1 heterocycles. The van der Waals surface area contributed by atoms with E-state index in [0.29, 0.717) is 25.4 Å². The molecule has 5 aromatic rings. The highest BCUT2D eigenvalue weighted by Crippen LogP contribution is 2.31. The van der Waals surface area contributed by atoms with Crippen LogP contribution in [0.2, 0.25) is 0 Å². The van der Waals surface area contributed by atoms with E-state index in [0.717, 1.165) is 44.1 Å². The maximum atomic E-state index is 11.4. The number of methoxy groups -OCH3 is 1. The van der Waals surface area contributed by atoms with Crippen molar-refractivity contribution in [2.24, 2.45) is 0 Å². The van der Waals surface area contributed by atoms with Gasteiger partial charge in [-0.1, -0.05) is 30.3 Å². The van der Waals surface area contributed by atoms with Crippen LogP contribution in [0.5, 0.6) is 17.2 Å². The Labute approximate surface area is 196 Å². The van der Waals surface area contributed by atoms with Gasteiger partial charge in [0, 0.05) is 28.8 Å². The van der Waals surface area contributed by atoms with Gasteiger partial charge in [0.15, 0.2) is 0 Å². The van der Waals surface area contributed by atoms with Gasteiger partial charge in [0.25, 0.3) is 0 Å². The van der Waals surface area contributed by atoms with Crippen LogP contribution in [0.4, 0.5) is 0 Å². The number of carbonyl (C=O) groups is 1. The Bertz CT molecular complexity index is 1490. The van der Waals surface area contributed by atoms with Crippen LogP contribution in [0.1, 0.15) is 6.42 Å². The number of hydrogen-bond donors (Lipinski definition) is 1. The monoisotopic (exact) mass is 455 g/mol. The number of hydrogen-bond acceptors (Lipinski definition) is 4. The molecule has 0 amide bonds. The van der Waals surface area contributed by atoms with Gasteiger partial charge >= 0.3 is 5.97 Å². The number of carboxylic acid groups (broad SMARTS) is 1. The molecule has 1 N–H and O–H groups in total. The van der Waals surface area contributed by atoms with Gasteiger partial charge < -0.3 is 23.9 Å². The molecule has 0 aliphatic carbocycles. The highest BCUT2D eigenvalue weighted by atomic mass is 16.5. The number of carboxylic acids is 1. The van der Waals surface area contributed by atoms with Gasteiger partial charge in [0.05, 0.1) is 25.8 Å². The minimum Gasteiger partial charge on any atom is -0.497 e. The smallest absolute Gasteiger partial charge is 0.323 e. The molecular formula is C28H25NO5. The van der Waals surface area contributed by atoms with E-state index in [1.165, 1.54) is 0 Å². The van der Waals surface area contributed by atoms with E-state index in [1.807, 2.05) is 83.4 Å². The zero-order chi connectivity index (χ0) is 23.5. The predicted octanol–water partition coefficient (Wildman–Crippen LogP) is 5.89. The lowest BCUT2D eigenvalue weighted by Crippen LogP contribution is -2.08. The van der Waals surface area contributed by atoms with Crippen molar-refractivity contribution in [2.75, 3.05) is 20.3 Å². The SMILES string of the molecule is COc1ccc2ccc(OCCCOc3ccc4c5ccccc5n(CC(=O)O)c4c3)cc2c1. The first kappa shape index (κ1) is 21.6. The first-order valence-electron chi connectivity index (χ1n) is 11.2. The van der Waals surface area contributed by atoms with E-state index in [1.54, 1.807) is 7.11 Å². The topological polar surface area (TPSA) is 69.9 Å². The first-order valence-corrected chi connectivity index (χ1v) is 11.2. The molecule has 6 heteroatoms. The average Bonchev–Trinajstić information content (AvgIpc) is 3.16. The predicted molar refractivity (Wildman–Crippen MR) is 133 cm³/mol. The maximum absolute atomic E-state index is 11.4. The summed E-state index contributed by atoms with van der Waals surface area (Å²) in [6, 6.07) is 25.6. The summed E-state index contributed by atoms with van der Waals surface area (Å²) in [5, 5.41) is 13.6. The van der Waals surface area contributed by atoms with Gasteiger partial charge in [0.2, 0.25) is 0 Å². The fourth-order valence-corrected chi connectivity index (χ4v) is 4.28. The summed E-state index contributed by atoms with van der Waals surface area (Å²) >= 11 is 0. The van der Waals surface area contributed by atoms with Gasteiger partial charge in [-0.05, 0) is 53.2 Å². The molecule has 1 aromatic heterocycles. The highest BCUT2D eigenvalue weighted by molar-refractivity contribution is 6.08. The number of fused-ring (bicyclic) bond motifs is 4. The van der Waals surface area contributed by atoms with Crippen LogP contribution in [-0.4, -0.2) is 36.0 Å². The third-order valence-electron chi connectivity index (χ3n) is 5.88. The van der Waals surface area contributed by atoms with Crippen LogP contribution < -0.4 is 14.2 Å². The molecule has 172 valence electrons. The second kappa shape index (κ2) is 9.35. The van der Waals surface area contributed by atoms with E-state index in [9.17, 15) is 9.90 Å². The molecule has 0 bridgehead atoms.